The minimum Gasteiger partial charge on any atom is -0.310 e. The summed E-state index contributed by atoms with van der Waals surface area (Å²) < 4.78 is 1.80. The molecule has 1 amide bonds. The van der Waals surface area contributed by atoms with Crippen molar-refractivity contribution in [3.8, 4) is 0 Å². The van der Waals surface area contributed by atoms with Crippen LogP contribution in [0, 0.1) is 5.92 Å². The van der Waals surface area contributed by atoms with Crippen LogP contribution in [0.1, 0.15) is 50.0 Å². The average Bonchev–Trinajstić information content (AvgIpc) is 3.16. The number of nitrogens with one attached hydrogen (secondary N) is 1. The molecule has 1 aromatic carbocycles. The summed E-state index contributed by atoms with van der Waals surface area (Å²) in [6.07, 6.45) is 3.27. The van der Waals surface area contributed by atoms with Gasteiger partial charge in [0.05, 0.1) is 12.2 Å². The van der Waals surface area contributed by atoms with Crippen LogP contribution in [-0.4, -0.2) is 45.5 Å². The van der Waals surface area contributed by atoms with Gasteiger partial charge in [0.25, 0.3) is 0 Å². The Morgan fingerprint density at radius 1 is 1.07 bits per heavy atom. The molecule has 1 aromatic heterocycles. The first-order valence-electron chi connectivity index (χ1n) is 9.65. The second-order valence-electron chi connectivity index (χ2n) is 7.46. The number of aromatic nitrogens is 2. The lowest BCUT2D eigenvalue weighted by atomic mass is 9.88. The third-order valence-electron chi connectivity index (χ3n) is 5.30. The van der Waals surface area contributed by atoms with Crippen LogP contribution in [0.5, 0.6) is 0 Å². The minimum atomic E-state index is -0.242. The molecule has 0 saturated carbocycles. The number of carbonyl (C=O) groups excluding carboxylic acids is 2. The molecule has 0 aliphatic carbocycles. The summed E-state index contributed by atoms with van der Waals surface area (Å²) >= 11 is 0. The van der Waals surface area contributed by atoms with Gasteiger partial charge < -0.3 is 5.32 Å². The highest BCUT2D eigenvalue weighted by Crippen LogP contribution is 2.23. The van der Waals surface area contributed by atoms with Crippen LogP contribution in [-0.2, 0) is 4.79 Å². The number of likely N-dealkylation sites (tertiary alicyclic amines) is 1. The predicted octanol–water partition coefficient (Wildman–Crippen LogP) is 3.39. The molecule has 1 atom stereocenters. The fourth-order valence-electron chi connectivity index (χ4n) is 3.61. The van der Waals surface area contributed by atoms with E-state index in [1.165, 1.54) is 0 Å². The first kappa shape index (κ1) is 19.3. The highest BCUT2D eigenvalue weighted by Gasteiger charge is 2.30. The van der Waals surface area contributed by atoms with Gasteiger partial charge in [-0.1, -0.05) is 30.3 Å². The van der Waals surface area contributed by atoms with Crippen molar-refractivity contribution >= 4 is 17.5 Å². The van der Waals surface area contributed by atoms with E-state index in [9.17, 15) is 9.59 Å². The number of nitrogens with zero attached hydrogens (tertiary/aromatic N) is 3. The lowest BCUT2D eigenvalue weighted by Gasteiger charge is -2.34. The highest BCUT2D eigenvalue weighted by atomic mass is 16.2. The molecule has 1 aliphatic heterocycles. The zero-order valence-corrected chi connectivity index (χ0v) is 16.3. The Hall–Kier alpha value is -2.47. The van der Waals surface area contributed by atoms with Gasteiger partial charge in [0.1, 0.15) is 5.82 Å². The summed E-state index contributed by atoms with van der Waals surface area (Å²) in [6.45, 7) is 7.48. The van der Waals surface area contributed by atoms with Crippen molar-refractivity contribution in [1.29, 1.82) is 0 Å². The number of rotatable bonds is 6. The SMILES string of the molecule is CC(C)n1nccc1NC(=O)[C@H](C)N1CCC(C(=O)c2ccccc2)CC1. The van der Waals surface area contributed by atoms with E-state index in [-0.39, 0.29) is 29.7 Å². The molecule has 144 valence electrons. The number of Topliss-reactive ketones (excluding diaryl/α,β-unsaturated/α-hetero) is 1. The number of benzene rings is 1. The molecule has 2 aromatic rings. The smallest absolute Gasteiger partial charge is 0.242 e. The normalized spacial score (nSPS) is 17.0. The van der Waals surface area contributed by atoms with Gasteiger partial charge in [-0.25, -0.2) is 4.68 Å². The monoisotopic (exact) mass is 368 g/mol. The number of ketones is 1. The molecular formula is C21H28N4O2. The van der Waals surface area contributed by atoms with Crippen molar-refractivity contribution in [2.45, 2.75) is 45.7 Å². The van der Waals surface area contributed by atoms with Crippen LogP contribution in [0.2, 0.25) is 0 Å². The van der Waals surface area contributed by atoms with E-state index < -0.39 is 0 Å². The molecule has 1 N–H and O–H groups in total. The fourth-order valence-corrected chi connectivity index (χ4v) is 3.61. The number of hydrogen-bond donors (Lipinski definition) is 1. The van der Waals surface area contributed by atoms with Crippen molar-refractivity contribution < 1.29 is 9.59 Å². The van der Waals surface area contributed by atoms with Gasteiger partial charge in [0.2, 0.25) is 5.91 Å². The summed E-state index contributed by atoms with van der Waals surface area (Å²) in [7, 11) is 0. The maximum atomic E-state index is 12.7. The van der Waals surface area contributed by atoms with Crippen molar-refractivity contribution in [1.82, 2.24) is 14.7 Å². The number of piperidine rings is 1. The second kappa shape index (κ2) is 8.48. The molecule has 2 heterocycles. The van der Waals surface area contributed by atoms with Crippen LogP contribution >= 0.6 is 0 Å². The molecule has 6 nitrogen and oxygen atoms in total. The maximum absolute atomic E-state index is 12.7. The molecule has 27 heavy (non-hydrogen) atoms. The Bertz CT molecular complexity index is 776. The standard InChI is InChI=1S/C21H28N4O2/c1-15(2)25-19(9-12-22-25)23-21(27)16(3)24-13-10-18(11-14-24)20(26)17-7-5-4-6-8-17/h4-9,12,15-16,18H,10-11,13-14H2,1-3H3,(H,23,27)/t16-/m0/s1. The van der Waals surface area contributed by atoms with E-state index in [4.69, 9.17) is 0 Å². The van der Waals surface area contributed by atoms with E-state index >= 15 is 0 Å². The molecular weight excluding hydrogens is 340 g/mol. The van der Waals surface area contributed by atoms with E-state index in [0.717, 1.165) is 37.3 Å². The average molecular weight is 368 g/mol. The third-order valence-corrected chi connectivity index (χ3v) is 5.30. The summed E-state index contributed by atoms with van der Waals surface area (Å²) in [4.78, 5) is 27.4. The Morgan fingerprint density at radius 3 is 2.37 bits per heavy atom. The molecule has 0 radical (unpaired) electrons. The summed E-state index contributed by atoms with van der Waals surface area (Å²) in [6, 6.07) is 11.2. The number of hydrogen-bond acceptors (Lipinski definition) is 4. The van der Waals surface area contributed by atoms with Gasteiger partial charge in [0.15, 0.2) is 5.78 Å². The maximum Gasteiger partial charge on any atom is 0.242 e. The molecule has 1 saturated heterocycles. The quantitative estimate of drug-likeness (QED) is 0.794. The van der Waals surface area contributed by atoms with Gasteiger partial charge in [-0.2, -0.15) is 5.10 Å². The summed E-state index contributed by atoms with van der Waals surface area (Å²) in [5, 5.41) is 7.23. The van der Waals surface area contributed by atoms with E-state index in [2.05, 4.69) is 15.3 Å². The topological polar surface area (TPSA) is 67.2 Å². The highest BCUT2D eigenvalue weighted by molar-refractivity contribution is 5.98. The summed E-state index contributed by atoms with van der Waals surface area (Å²) in [5.41, 5.74) is 0.781. The van der Waals surface area contributed by atoms with Crippen molar-refractivity contribution in [2.75, 3.05) is 18.4 Å². The molecule has 0 bridgehead atoms. The minimum absolute atomic E-state index is 0.0368. The van der Waals surface area contributed by atoms with Crippen LogP contribution in [0.25, 0.3) is 0 Å². The Labute approximate surface area is 160 Å². The van der Waals surface area contributed by atoms with E-state index in [0.29, 0.717) is 0 Å². The second-order valence-corrected chi connectivity index (χ2v) is 7.46. The van der Waals surface area contributed by atoms with Gasteiger partial charge in [0, 0.05) is 23.6 Å². The largest absolute Gasteiger partial charge is 0.310 e. The van der Waals surface area contributed by atoms with Gasteiger partial charge in [-0.3, -0.25) is 14.5 Å². The molecule has 1 fully saturated rings. The zero-order chi connectivity index (χ0) is 19.4. The molecule has 1 aliphatic rings. The van der Waals surface area contributed by atoms with E-state index in [1.54, 1.807) is 10.9 Å². The summed E-state index contributed by atoms with van der Waals surface area (Å²) in [5.74, 6) is 0.940. The number of carbonyl (C=O) groups is 2. The van der Waals surface area contributed by atoms with Crippen LogP contribution < -0.4 is 5.32 Å². The number of amides is 1. The van der Waals surface area contributed by atoms with Crippen molar-refractivity contribution in [3.05, 3.63) is 48.2 Å². The molecule has 3 rings (SSSR count). The zero-order valence-electron chi connectivity index (χ0n) is 16.3. The Morgan fingerprint density at radius 2 is 1.74 bits per heavy atom. The Balaban J connectivity index is 1.55. The van der Waals surface area contributed by atoms with Crippen molar-refractivity contribution in [2.24, 2.45) is 5.92 Å². The fraction of sp³-hybridized carbons (Fsp3) is 0.476. The van der Waals surface area contributed by atoms with Gasteiger partial charge in [-0.15, -0.1) is 0 Å². The molecule has 0 unspecified atom stereocenters. The van der Waals surface area contributed by atoms with Gasteiger partial charge >= 0.3 is 0 Å². The lowest BCUT2D eigenvalue weighted by Crippen LogP contribution is -2.47. The predicted molar refractivity (Wildman–Crippen MR) is 106 cm³/mol. The van der Waals surface area contributed by atoms with Crippen molar-refractivity contribution in [3.63, 3.8) is 0 Å². The number of anilines is 1. The molecule has 0 spiro atoms. The van der Waals surface area contributed by atoms with E-state index in [1.807, 2.05) is 57.2 Å². The molecule has 6 heteroatoms. The lowest BCUT2D eigenvalue weighted by molar-refractivity contribution is -0.121. The first-order valence-corrected chi connectivity index (χ1v) is 9.65. The van der Waals surface area contributed by atoms with Crippen LogP contribution in [0.3, 0.4) is 0 Å². The first-order chi connectivity index (χ1) is 13.0. The Kier molecular flexibility index (Phi) is 6.06. The van der Waals surface area contributed by atoms with Gasteiger partial charge in [-0.05, 0) is 46.7 Å². The van der Waals surface area contributed by atoms with Crippen LogP contribution in [0.15, 0.2) is 42.6 Å². The third kappa shape index (κ3) is 4.45. The van der Waals surface area contributed by atoms with Crippen LogP contribution in [0.4, 0.5) is 5.82 Å².